The number of amides is 1. The third kappa shape index (κ3) is 2.86. The topological polar surface area (TPSA) is 29.5 Å². The monoisotopic (exact) mass is 227 g/mol. The lowest BCUT2D eigenvalue weighted by molar-refractivity contribution is 0.120. The molecule has 1 rings (SSSR count). The number of nitrogens with zero attached hydrogens (tertiary/aromatic N) is 1. The maximum absolute atomic E-state index is 11.3. The van der Waals surface area contributed by atoms with Crippen LogP contribution in [0.25, 0.3) is 0 Å². The van der Waals surface area contributed by atoms with Crippen LogP contribution >= 0.6 is 11.6 Å². The van der Waals surface area contributed by atoms with Crippen molar-refractivity contribution in [1.82, 2.24) is 4.90 Å². The van der Waals surface area contributed by atoms with Crippen molar-refractivity contribution < 1.29 is 9.53 Å². The first-order chi connectivity index (χ1) is 7.06. The second kappa shape index (κ2) is 5.03. The number of ether oxygens (including phenoxy) is 1. The average Bonchev–Trinajstić information content (AvgIpc) is 2.26. The van der Waals surface area contributed by atoms with Gasteiger partial charge in [-0.1, -0.05) is 23.7 Å². The second-order valence-corrected chi connectivity index (χ2v) is 3.75. The number of benzene rings is 1. The van der Waals surface area contributed by atoms with E-state index in [4.69, 9.17) is 11.6 Å². The van der Waals surface area contributed by atoms with Crippen molar-refractivity contribution in [3.8, 4) is 0 Å². The summed E-state index contributed by atoms with van der Waals surface area (Å²) in [5.74, 6) is 0. The zero-order valence-electron chi connectivity index (χ0n) is 9.03. The largest absolute Gasteiger partial charge is 0.453 e. The highest BCUT2D eigenvalue weighted by atomic mass is 35.5. The van der Waals surface area contributed by atoms with E-state index >= 15 is 0 Å². The summed E-state index contributed by atoms with van der Waals surface area (Å²) in [6.45, 7) is 1.92. The minimum Gasteiger partial charge on any atom is -0.453 e. The number of carbonyl (C=O) groups excluding carboxylic acids is 1. The van der Waals surface area contributed by atoms with Gasteiger partial charge >= 0.3 is 6.09 Å². The summed E-state index contributed by atoms with van der Waals surface area (Å²) in [5, 5.41) is 0.664. The Labute approximate surface area is 94.6 Å². The van der Waals surface area contributed by atoms with E-state index in [2.05, 4.69) is 4.74 Å². The Morgan fingerprint density at radius 2 is 2.20 bits per heavy atom. The lowest BCUT2D eigenvalue weighted by Crippen LogP contribution is -2.29. The third-order valence-electron chi connectivity index (χ3n) is 2.37. The molecule has 1 aromatic carbocycles. The number of methoxy groups -OCH3 is 1. The van der Waals surface area contributed by atoms with E-state index in [9.17, 15) is 4.79 Å². The van der Waals surface area contributed by atoms with Gasteiger partial charge in [-0.3, -0.25) is 0 Å². The molecule has 0 aliphatic heterocycles. The van der Waals surface area contributed by atoms with Crippen molar-refractivity contribution in [3.63, 3.8) is 0 Å². The van der Waals surface area contributed by atoms with Crippen LogP contribution in [-0.4, -0.2) is 25.2 Å². The van der Waals surface area contributed by atoms with Crippen molar-refractivity contribution in [2.24, 2.45) is 0 Å². The zero-order valence-corrected chi connectivity index (χ0v) is 9.78. The summed E-state index contributed by atoms with van der Waals surface area (Å²) < 4.78 is 4.64. The van der Waals surface area contributed by atoms with Crippen molar-refractivity contribution in [2.75, 3.05) is 14.2 Å². The van der Waals surface area contributed by atoms with Gasteiger partial charge in [0, 0.05) is 12.1 Å². The molecule has 82 valence electrons. The van der Waals surface area contributed by atoms with E-state index < -0.39 is 0 Å². The molecule has 3 nitrogen and oxygen atoms in total. The Morgan fingerprint density at radius 1 is 1.53 bits per heavy atom. The maximum Gasteiger partial charge on any atom is 0.409 e. The van der Waals surface area contributed by atoms with Crippen LogP contribution in [0.15, 0.2) is 24.3 Å². The fourth-order valence-electron chi connectivity index (χ4n) is 1.29. The molecule has 0 spiro atoms. The van der Waals surface area contributed by atoms with E-state index in [0.717, 1.165) is 5.56 Å². The van der Waals surface area contributed by atoms with Crippen LogP contribution in [-0.2, 0) is 4.74 Å². The number of hydrogen-bond acceptors (Lipinski definition) is 2. The fraction of sp³-hybridized carbons (Fsp3) is 0.364. The fourth-order valence-corrected chi connectivity index (χ4v) is 1.49. The highest BCUT2D eigenvalue weighted by Crippen LogP contribution is 2.22. The van der Waals surface area contributed by atoms with Crippen molar-refractivity contribution in [1.29, 1.82) is 0 Å². The molecule has 15 heavy (non-hydrogen) atoms. The Balaban J connectivity index is 2.84. The van der Waals surface area contributed by atoms with Crippen LogP contribution < -0.4 is 0 Å². The van der Waals surface area contributed by atoms with Crippen LogP contribution in [0.1, 0.15) is 18.5 Å². The lowest BCUT2D eigenvalue weighted by atomic mass is 10.1. The molecule has 1 atom stereocenters. The average molecular weight is 228 g/mol. The van der Waals surface area contributed by atoms with Gasteiger partial charge < -0.3 is 9.64 Å². The van der Waals surface area contributed by atoms with Gasteiger partial charge in [-0.05, 0) is 24.6 Å². The molecule has 0 saturated carbocycles. The van der Waals surface area contributed by atoms with Crippen LogP contribution in [0.3, 0.4) is 0 Å². The normalized spacial score (nSPS) is 12.0. The lowest BCUT2D eigenvalue weighted by Gasteiger charge is -2.23. The van der Waals surface area contributed by atoms with E-state index in [1.54, 1.807) is 13.1 Å². The Morgan fingerprint density at radius 3 is 2.73 bits per heavy atom. The number of rotatable bonds is 2. The van der Waals surface area contributed by atoms with Gasteiger partial charge in [0.25, 0.3) is 0 Å². The standard InChI is InChI=1S/C11H14ClNO2/c1-8(13(2)11(14)15-3)9-5-4-6-10(12)7-9/h4-8H,1-3H3. The molecule has 0 aromatic heterocycles. The minimum absolute atomic E-state index is 0.0591. The Bertz CT molecular complexity index is 354. The first-order valence-electron chi connectivity index (χ1n) is 4.62. The number of hydrogen-bond donors (Lipinski definition) is 0. The quantitative estimate of drug-likeness (QED) is 0.777. The SMILES string of the molecule is COC(=O)N(C)C(C)c1cccc(Cl)c1. The molecule has 0 N–H and O–H groups in total. The van der Waals surface area contributed by atoms with Crippen LogP contribution in [0.4, 0.5) is 4.79 Å². The molecule has 0 aliphatic carbocycles. The second-order valence-electron chi connectivity index (χ2n) is 3.31. The first-order valence-corrected chi connectivity index (χ1v) is 5.00. The molecule has 0 aliphatic rings. The molecule has 0 saturated heterocycles. The summed E-state index contributed by atoms with van der Waals surface area (Å²) >= 11 is 5.87. The van der Waals surface area contributed by atoms with Crippen LogP contribution in [0.2, 0.25) is 5.02 Å². The summed E-state index contributed by atoms with van der Waals surface area (Å²) in [6.07, 6.45) is -0.359. The molecule has 1 amide bonds. The summed E-state index contributed by atoms with van der Waals surface area (Å²) in [4.78, 5) is 12.8. The Hall–Kier alpha value is -1.22. The Kier molecular flexibility index (Phi) is 3.97. The van der Waals surface area contributed by atoms with Gasteiger partial charge in [0.2, 0.25) is 0 Å². The van der Waals surface area contributed by atoms with Crippen LogP contribution in [0, 0.1) is 0 Å². The minimum atomic E-state index is -0.359. The van der Waals surface area contributed by atoms with Crippen molar-refractivity contribution in [2.45, 2.75) is 13.0 Å². The smallest absolute Gasteiger partial charge is 0.409 e. The first kappa shape index (κ1) is 11.9. The zero-order chi connectivity index (χ0) is 11.4. The summed E-state index contributed by atoms with van der Waals surface area (Å²) in [6, 6.07) is 7.37. The highest BCUT2D eigenvalue weighted by molar-refractivity contribution is 6.30. The van der Waals surface area contributed by atoms with Gasteiger partial charge in [-0.15, -0.1) is 0 Å². The van der Waals surface area contributed by atoms with Gasteiger partial charge in [-0.25, -0.2) is 4.79 Å². The van der Waals surface area contributed by atoms with E-state index in [1.165, 1.54) is 12.0 Å². The molecule has 0 fully saturated rings. The highest BCUT2D eigenvalue weighted by Gasteiger charge is 2.17. The molecule has 0 radical (unpaired) electrons. The predicted molar refractivity (Wildman–Crippen MR) is 60.0 cm³/mol. The van der Waals surface area contributed by atoms with E-state index in [0.29, 0.717) is 5.02 Å². The summed E-state index contributed by atoms with van der Waals surface area (Å²) in [5.41, 5.74) is 0.982. The molecular formula is C11H14ClNO2. The maximum atomic E-state index is 11.3. The van der Waals surface area contributed by atoms with Crippen molar-refractivity contribution in [3.05, 3.63) is 34.9 Å². The predicted octanol–water partition coefficient (Wildman–Crippen LogP) is 3.10. The molecule has 4 heteroatoms. The van der Waals surface area contributed by atoms with E-state index in [-0.39, 0.29) is 12.1 Å². The molecular weight excluding hydrogens is 214 g/mol. The van der Waals surface area contributed by atoms with Gasteiger partial charge in [0.1, 0.15) is 0 Å². The number of halogens is 1. The van der Waals surface area contributed by atoms with Gasteiger partial charge in [0.15, 0.2) is 0 Å². The molecule has 0 heterocycles. The molecule has 0 bridgehead atoms. The van der Waals surface area contributed by atoms with Gasteiger partial charge in [0.05, 0.1) is 13.2 Å². The number of carbonyl (C=O) groups is 1. The molecule has 1 unspecified atom stereocenters. The summed E-state index contributed by atoms with van der Waals surface area (Å²) in [7, 11) is 3.06. The molecule has 1 aromatic rings. The third-order valence-corrected chi connectivity index (χ3v) is 2.61. The van der Waals surface area contributed by atoms with Crippen molar-refractivity contribution >= 4 is 17.7 Å². The van der Waals surface area contributed by atoms with Crippen LogP contribution in [0.5, 0.6) is 0 Å². The van der Waals surface area contributed by atoms with Gasteiger partial charge in [-0.2, -0.15) is 0 Å². The van der Waals surface area contributed by atoms with E-state index in [1.807, 2.05) is 25.1 Å².